The lowest BCUT2D eigenvalue weighted by Gasteiger charge is -2.31. The van der Waals surface area contributed by atoms with Gasteiger partial charge in [0.2, 0.25) is 0 Å². The maximum absolute atomic E-state index is 12.0. The Balaban J connectivity index is 1.93. The van der Waals surface area contributed by atoms with E-state index in [0.29, 0.717) is 12.0 Å². The molecule has 0 bridgehead atoms. The van der Waals surface area contributed by atoms with Gasteiger partial charge < -0.3 is 5.11 Å². The molecule has 0 aliphatic rings. The van der Waals surface area contributed by atoms with Crippen LogP contribution in [-0.4, -0.2) is 5.11 Å². The number of aliphatic hydroxyl groups is 1. The summed E-state index contributed by atoms with van der Waals surface area (Å²) in [6.45, 7) is 0. The molecule has 0 aromatic heterocycles. The van der Waals surface area contributed by atoms with Crippen molar-refractivity contribution in [2.24, 2.45) is 0 Å². The van der Waals surface area contributed by atoms with Crippen molar-refractivity contribution in [3.63, 3.8) is 0 Å². The summed E-state index contributed by atoms with van der Waals surface area (Å²) in [5.41, 5.74) is 2.03. The van der Waals surface area contributed by atoms with Crippen LogP contribution in [-0.2, 0) is 12.0 Å². The van der Waals surface area contributed by atoms with Gasteiger partial charge in [-0.25, -0.2) is 0 Å². The van der Waals surface area contributed by atoms with E-state index in [2.05, 4.69) is 18.2 Å². The van der Waals surface area contributed by atoms with Gasteiger partial charge in [0.25, 0.3) is 0 Å². The van der Waals surface area contributed by atoms with Gasteiger partial charge in [0, 0.05) is 6.42 Å². The average molecular weight is 349 g/mol. The molecule has 0 saturated heterocycles. The fraction of sp³-hybridized carbons (Fsp3) is 0.0800. The molecule has 1 N–H and O–H groups in total. The molecule has 2 heteroatoms. The largest absolute Gasteiger partial charge is 0.380 e. The lowest BCUT2D eigenvalue weighted by atomic mass is 9.79. The highest BCUT2D eigenvalue weighted by Gasteiger charge is 2.33. The van der Waals surface area contributed by atoms with E-state index in [0.717, 1.165) is 27.5 Å². The minimum Gasteiger partial charge on any atom is -0.380 e. The number of hydrogen-bond acceptors (Lipinski definition) is 2. The van der Waals surface area contributed by atoms with Gasteiger partial charge in [0.15, 0.2) is 0 Å². The smallest absolute Gasteiger partial charge is 0.119 e. The second-order valence-corrected chi connectivity index (χ2v) is 6.74. The van der Waals surface area contributed by atoms with Crippen molar-refractivity contribution < 1.29 is 5.11 Å². The predicted octanol–water partition coefficient (Wildman–Crippen LogP) is 5.19. The number of rotatable bonds is 4. The van der Waals surface area contributed by atoms with Gasteiger partial charge in [-0.1, -0.05) is 84.9 Å². The van der Waals surface area contributed by atoms with Gasteiger partial charge in [-0.05, 0) is 39.6 Å². The summed E-state index contributed by atoms with van der Waals surface area (Å²) in [6, 6.07) is 33.5. The van der Waals surface area contributed by atoms with Crippen LogP contribution in [0.25, 0.3) is 10.8 Å². The van der Waals surface area contributed by atoms with Crippen molar-refractivity contribution >= 4 is 10.8 Å². The molecule has 27 heavy (non-hydrogen) atoms. The summed E-state index contributed by atoms with van der Waals surface area (Å²) in [5.74, 6) is 0. The van der Waals surface area contributed by atoms with E-state index in [9.17, 15) is 10.4 Å². The highest BCUT2D eigenvalue weighted by molar-refractivity contribution is 5.87. The lowest BCUT2D eigenvalue weighted by Crippen LogP contribution is -2.30. The van der Waals surface area contributed by atoms with Gasteiger partial charge in [-0.15, -0.1) is 0 Å². The second-order valence-electron chi connectivity index (χ2n) is 6.74. The number of fused-ring (bicyclic) bond motifs is 1. The molecule has 4 rings (SSSR count). The molecule has 0 aliphatic carbocycles. The topological polar surface area (TPSA) is 44.0 Å². The third-order valence-corrected chi connectivity index (χ3v) is 5.00. The van der Waals surface area contributed by atoms with Gasteiger partial charge in [0.05, 0.1) is 11.6 Å². The van der Waals surface area contributed by atoms with Crippen LogP contribution < -0.4 is 0 Å². The fourth-order valence-corrected chi connectivity index (χ4v) is 3.70. The summed E-state index contributed by atoms with van der Waals surface area (Å²) in [4.78, 5) is 0. The van der Waals surface area contributed by atoms with Gasteiger partial charge in [-0.2, -0.15) is 5.26 Å². The number of nitrogens with zero attached hydrogens (tertiary/aromatic N) is 1. The van der Waals surface area contributed by atoms with Crippen molar-refractivity contribution in [3.8, 4) is 6.07 Å². The van der Waals surface area contributed by atoms with E-state index in [1.165, 1.54) is 0 Å². The first-order chi connectivity index (χ1) is 13.2. The van der Waals surface area contributed by atoms with Crippen LogP contribution >= 0.6 is 0 Å². The first-order valence-electron chi connectivity index (χ1n) is 8.96. The van der Waals surface area contributed by atoms with Crippen LogP contribution in [0.1, 0.15) is 22.3 Å². The molecule has 130 valence electrons. The Hall–Kier alpha value is -3.41. The van der Waals surface area contributed by atoms with Crippen LogP contribution in [0.2, 0.25) is 0 Å². The minimum absolute atomic E-state index is 0.389. The Bertz CT molecular complexity index is 1120. The second kappa shape index (κ2) is 7.07. The van der Waals surface area contributed by atoms with Crippen LogP contribution in [0.5, 0.6) is 0 Å². The summed E-state index contributed by atoms with van der Waals surface area (Å²) >= 11 is 0. The van der Waals surface area contributed by atoms with E-state index >= 15 is 0 Å². The first kappa shape index (κ1) is 17.0. The summed E-state index contributed by atoms with van der Waals surface area (Å²) in [6.07, 6.45) is 0.389. The molecule has 2 nitrogen and oxygen atoms in total. The number of nitriles is 1. The molecule has 1 atom stereocenters. The SMILES string of the molecule is N#Cc1cccc(C[C@@](O)(c2ccccc2)c2cccc3ccccc23)c1. The highest BCUT2D eigenvalue weighted by Crippen LogP contribution is 2.37. The molecule has 0 heterocycles. The van der Waals surface area contributed by atoms with Crippen molar-refractivity contribution in [3.05, 3.63) is 119 Å². The standard InChI is InChI=1S/C25H19NO/c26-18-20-9-6-8-19(16-20)17-25(27,22-12-2-1-3-13-22)24-15-7-11-21-10-4-5-14-23(21)24/h1-16,27H,17H2/t25-/m1/s1. The quantitative estimate of drug-likeness (QED) is 0.551. The summed E-state index contributed by atoms with van der Waals surface area (Å²) in [7, 11) is 0. The highest BCUT2D eigenvalue weighted by atomic mass is 16.3. The molecular formula is C25H19NO. The van der Waals surface area contributed by atoms with E-state index < -0.39 is 5.60 Å². The van der Waals surface area contributed by atoms with E-state index in [1.54, 1.807) is 6.07 Å². The Kier molecular flexibility index (Phi) is 4.46. The van der Waals surface area contributed by atoms with E-state index in [1.807, 2.05) is 78.9 Å². The van der Waals surface area contributed by atoms with Crippen molar-refractivity contribution in [1.29, 1.82) is 5.26 Å². The van der Waals surface area contributed by atoms with Crippen molar-refractivity contribution in [2.75, 3.05) is 0 Å². The zero-order valence-corrected chi connectivity index (χ0v) is 14.8. The van der Waals surface area contributed by atoms with Crippen molar-refractivity contribution in [2.45, 2.75) is 12.0 Å². The Morgan fingerprint density at radius 1 is 0.778 bits per heavy atom. The lowest BCUT2D eigenvalue weighted by molar-refractivity contribution is 0.0827. The van der Waals surface area contributed by atoms with Gasteiger partial charge in [0.1, 0.15) is 5.60 Å². The van der Waals surface area contributed by atoms with Crippen LogP contribution in [0.15, 0.2) is 97.1 Å². The molecule has 0 saturated carbocycles. The van der Waals surface area contributed by atoms with Crippen molar-refractivity contribution in [1.82, 2.24) is 0 Å². The zero-order chi connectivity index (χ0) is 18.7. The van der Waals surface area contributed by atoms with E-state index in [-0.39, 0.29) is 0 Å². The molecule has 0 amide bonds. The zero-order valence-electron chi connectivity index (χ0n) is 14.8. The average Bonchev–Trinajstić information content (AvgIpc) is 2.74. The molecule has 4 aromatic rings. The molecule has 4 aromatic carbocycles. The third-order valence-electron chi connectivity index (χ3n) is 5.00. The predicted molar refractivity (Wildman–Crippen MR) is 108 cm³/mol. The monoisotopic (exact) mass is 349 g/mol. The molecule has 0 unspecified atom stereocenters. The Morgan fingerprint density at radius 2 is 1.48 bits per heavy atom. The maximum atomic E-state index is 12.0. The Morgan fingerprint density at radius 3 is 2.30 bits per heavy atom. The first-order valence-corrected chi connectivity index (χ1v) is 8.96. The van der Waals surface area contributed by atoms with Crippen LogP contribution in [0, 0.1) is 11.3 Å². The van der Waals surface area contributed by atoms with Crippen LogP contribution in [0.3, 0.4) is 0 Å². The number of benzene rings is 4. The summed E-state index contributed by atoms with van der Waals surface area (Å²) in [5, 5.41) is 23.3. The molecular weight excluding hydrogens is 330 g/mol. The molecule has 0 spiro atoms. The minimum atomic E-state index is -1.20. The van der Waals surface area contributed by atoms with Crippen LogP contribution in [0.4, 0.5) is 0 Å². The van der Waals surface area contributed by atoms with Gasteiger partial charge in [-0.3, -0.25) is 0 Å². The fourth-order valence-electron chi connectivity index (χ4n) is 3.70. The molecule has 0 radical (unpaired) electrons. The maximum Gasteiger partial charge on any atom is 0.119 e. The molecule has 0 fully saturated rings. The molecule has 0 aliphatic heterocycles. The van der Waals surface area contributed by atoms with Gasteiger partial charge >= 0.3 is 0 Å². The summed E-state index contributed by atoms with van der Waals surface area (Å²) < 4.78 is 0. The Labute approximate surface area is 159 Å². The van der Waals surface area contributed by atoms with E-state index in [4.69, 9.17) is 0 Å². The number of hydrogen-bond donors (Lipinski definition) is 1. The third kappa shape index (κ3) is 3.21. The normalized spacial score (nSPS) is 13.0.